The van der Waals surface area contributed by atoms with Crippen molar-refractivity contribution in [3.63, 3.8) is 0 Å². The molecule has 2 heterocycles. The van der Waals surface area contributed by atoms with Crippen molar-refractivity contribution < 1.29 is 9.21 Å². The van der Waals surface area contributed by atoms with E-state index in [1.807, 2.05) is 36.1 Å². The Hall–Kier alpha value is -1.81. The van der Waals surface area contributed by atoms with Crippen molar-refractivity contribution in [1.29, 1.82) is 0 Å². The van der Waals surface area contributed by atoms with Crippen LogP contribution in [0.5, 0.6) is 0 Å². The lowest BCUT2D eigenvalue weighted by Crippen LogP contribution is -2.46. The number of carbonyl (C=O) groups excluding carboxylic acids is 1. The van der Waals surface area contributed by atoms with Gasteiger partial charge in [0.1, 0.15) is 5.58 Å². The number of furan rings is 1. The zero-order valence-corrected chi connectivity index (χ0v) is 12.5. The molecule has 2 aromatic rings. The van der Waals surface area contributed by atoms with Gasteiger partial charge >= 0.3 is 0 Å². The molecule has 1 aromatic heterocycles. The van der Waals surface area contributed by atoms with Gasteiger partial charge in [0.2, 0.25) is 5.91 Å². The Kier molecular flexibility index (Phi) is 4.25. The molecule has 21 heavy (non-hydrogen) atoms. The van der Waals surface area contributed by atoms with Gasteiger partial charge < -0.3 is 14.6 Å². The third-order valence-electron chi connectivity index (χ3n) is 4.20. The van der Waals surface area contributed by atoms with Crippen molar-refractivity contribution in [2.45, 2.75) is 38.8 Å². The van der Waals surface area contributed by atoms with Crippen molar-refractivity contribution in [3.05, 3.63) is 36.1 Å². The standard InChI is InChI=1S/C17H22N2O2/c1-13(17(20)19-9-5-2-6-10-19)18-11-14-12-21-16-8-4-3-7-15(14)16/h3-4,7-8,12-13,18H,2,5-6,9-11H2,1H3. The molecule has 1 amide bonds. The summed E-state index contributed by atoms with van der Waals surface area (Å²) < 4.78 is 5.52. The van der Waals surface area contributed by atoms with Gasteiger partial charge in [0.05, 0.1) is 12.3 Å². The van der Waals surface area contributed by atoms with E-state index in [1.165, 1.54) is 6.42 Å². The first-order valence-corrected chi connectivity index (χ1v) is 7.73. The second kappa shape index (κ2) is 6.31. The smallest absolute Gasteiger partial charge is 0.239 e. The van der Waals surface area contributed by atoms with Crippen LogP contribution < -0.4 is 5.32 Å². The average molecular weight is 286 g/mol. The molecule has 1 aliphatic heterocycles. The summed E-state index contributed by atoms with van der Waals surface area (Å²) in [6.07, 6.45) is 5.28. The van der Waals surface area contributed by atoms with Crippen molar-refractivity contribution >= 4 is 16.9 Å². The van der Waals surface area contributed by atoms with Gasteiger partial charge in [-0.1, -0.05) is 18.2 Å². The molecule has 0 aliphatic carbocycles. The van der Waals surface area contributed by atoms with E-state index < -0.39 is 0 Å². The van der Waals surface area contributed by atoms with E-state index in [4.69, 9.17) is 4.42 Å². The fourth-order valence-electron chi connectivity index (χ4n) is 2.91. The number of benzene rings is 1. The number of likely N-dealkylation sites (tertiary alicyclic amines) is 1. The van der Waals surface area contributed by atoms with Gasteiger partial charge in [0.15, 0.2) is 0 Å². The number of rotatable bonds is 4. The Balaban J connectivity index is 1.60. The van der Waals surface area contributed by atoms with Crippen LogP contribution in [0.1, 0.15) is 31.7 Å². The highest BCUT2D eigenvalue weighted by atomic mass is 16.3. The number of nitrogens with one attached hydrogen (secondary N) is 1. The number of hydrogen-bond acceptors (Lipinski definition) is 3. The number of carbonyl (C=O) groups is 1. The van der Waals surface area contributed by atoms with E-state index >= 15 is 0 Å². The maximum atomic E-state index is 12.4. The lowest BCUT2D eigenvalue weighted by atomic mass is 10.1. The molecule has 1 atom stereocenters. The van der Waals surface area contributed by atoms with Crippen LogP contribution in [0.4, 0.5) is 0 Å². The summed E-state index contributed by atoms with van der Waals surface area (Å²) in [5.41, 5.74) is 1.99. The minimum atomic E-state index is -0.156. The van der Waals surface area contributed by atoms with E-state index in [9.17, 15) is 4.79 Å². The van der Waals surface area contributed by atoms with Crippen LogP contribution in [-0.4, -0.2) is 29.9 Å². The largest absolute Gasteiger partial charge is 0.464 e. The SMILES string of the molecule is CC(NCc1coc2ccccc12)C(=O)N1CCCCC1. The van der Waals surface area contributed by atoms with Gasteiger partial charge in [-0.2, -0.15) is 0 Å². The van der Waals surface area contributed by atoms with E-state index in [0.29, 0.717) is 6.54 Å². The maximum Gasteiger partial charge on any atom is 0.239 e. The number of fused-ring (bicyclic) bond motifs is 1. The normalized spacial score (nSPS) is 17.1. The molecule has 1 saturated heterocycles. The van der Waals surface area contributed by atoms with Crippen LogP contribution in [0, 0.1) is 0 Å². The lowest BCUT2D eigenvalue weighted by molar-refractivity contribution is -0.133. The molecule has 1 unspecified atom stereocenters. The van der Waals surface area contributed by atoms with Crippen LogP contribution in [0.25, 0.3) is 11.0 Å². The summed E-state index contributed by atoms with van der Waals surface area (Å²) in [6, 6.07) is 7.82. The zero-order chi connectivity index (χ0) is 14.7. The molecule has 0 spiro atoms. The summed E-state index contributed by atoms with van der Waals surface area (Å²) >= 11 is 0. The monoisotopic (exact) mass is 286 g/mol. The van der Waals surface area contributed by atoms with Crippen LogP contribution in [0.3, 0.4) is 0 Å². The summed E-state index contributed by atoms with van der Waals surface area (Å²) in [4.78, 5) is 14.3. The highest BCUT2D eigenvalue weighted by Gasteiger charge is 2.21. The predicted molar refractivity (Wildman–Crippen MR) is 82.9 cm³/mol. The molecule has 0 bridgehead atoms. The Morgan fingerprint density at radius 1 is 1.29 bits per heavy atom. The summed E-state index contributed by atoms with van der Waals surface area (Å²) in [7, 11) is 0. The second-order valence-corrected chi connectivity index (χ2v) is 5.75. The number of para-hydroxylation sites is 1. The quantitative estimate of drug-likeness (QED) is 0.940. The molecule has 1 N–H and O–H groups in total. The van der Waals surface area contributed by atoms with Crippen molar-refractivity contribution in [3.8, 4) is 0 Å². The molecule has 1 aliphatic rings. The van der Waals surface area contributed by atoms with Crippen molar-refractivity contribution in [2.75, 3.05) is 13.1 Å². The predicted octanol–water partition coefficient (Wildman–Crippen LogP) is 2.92. The van der Waals surface area contributed by atoms with Gasteiger partial charge in [-0.05, 0) is 32.3 Å². The average Bonchev–Trinajstić information content (AvgIpc) is 2.96. The van der Waals surface area contributed by atoms with Crippen LogP contribution >= 0.6 is 0 Å². The first-order chi connectivity index (χ1) is 10.3. The van der Waals surface area contributed by atoms with Crippen molar-refractivity contribution in [1.82, 2.24) is 10.2 Å². The number of piperidine rings is 1. The highest BCUT2D eigenvalue weighted by molar-refractivity contribution is 5.82. The molecule has 1 fully saturated rings. The third kappa shape index (κ3) is 3.10. The van der Waals surface area contributed by atoms with Crippen LogP contribution in [-0.2, 0) is 11.3 Å². The van der Waals surface area contributed by atoms with Gasteiger partial charge in [-0.15, -0.1) is 0 Å². The zero-order valence-electron chi connectivity index (χ0n) is 12.5. The van der Waals surface area contributed by atoms with E-state index in [-0.39, 0.29) is 11.9 Å². The van der Waals surface area contributed by atoms with Crippen LogP contribution in [0.2, 0.25) is 0 Å². The van der Waals surface area contributed by atoms with Gasteiger partial charge in [0.25, 0.3) is 0 Å². The summed E-state index contributed by atoms with van der Waals surface area (Å²) in [5, 5.41) is 4.44. The summed E-state index contributed by atoms with van der Waals surface area (Å²) in [6.45, 7) is 4.40. The minimum Gasteiger partial charge on any atom is -0.464 e. The van der Waals surface area contributed by atoms with E-state index in [2.05, 4.69) is 5.32 Å². The molecule has 3 rings (SSSR count). The fourth-order valence-corrected chi connectivity index (χ4v) is 2.91. The molecule has 4 nitrogen and oxygen atoms in total. The highest BCUT2D eigenvalue weighted by Crippen LogP contribution is 2.20. The molecule has 112 valence electrons. The Morgan fingerprint density at radius 3 is 2.86 bits per heavy atom. The van der Waals surface area contributed by atoms with Gasteiger partial charge in [0, 0.05) is 30.6 Å². The van der Waals surface area contributed by atoms with Gasteiger partial charge in [-0.25, -0.2) is 0 Å². The Labute approximate surface area is 125 Å². The Bertz CT molecular complexity index is 614. The van der Waals surface area contributed by atoms with E-state index in [1.54, 1.807) is 6.26 Å². The minimum absolute atomic E-state index is 0.156. The number of hydrogen-bond donors (Lipinski definition) is 1. The van der Waals surface area contributed by atoms with Crippen LogP contribution in [0.15, 0.2) is 34.9 Å². The number of amides is 1. The molecule has 0 radical (unpaired) electrons. The number of nitrogens with zero attached hydrogens (tertiary/aromatic N) is 1. The topological polar surface area (TPSA) is 45.5 Å². The first-order valence-electron chi connectivity index (χ1n) is 7.73. The lowest BCUT2D eigenvalue weighted by Gasteiger charge is -2.29. The molecular weight excluding hydrogens is 264 g/mol. The van der Waals surface area contributed by atoms with E-state index in [0.717, 1.165) is 42.5 Å². The Morgan fingerprint density at radius 2 is 2.05 bits per heavy atom. The maximum absolute atomic E-state index is 12.4. The molecule has 0 saturated carbocycles. The first kappa shape index (κ1) is 14.1. The summed E-state index contributed by atoms with van der Waals surface area (Å²) in [5.74, 6) is 0.211. The second-order valence-electron chi connectivity index (χ2n) is 5.75. The third-order valence-corrected chi connectivity index (χ3v) is 4.20. The van der Waals surface area contributed by atoms with Crippen molar-refractivity contribution in [2.24, 2.45) is 0 Å². The molecule has 1 aromatic carbocycles. The molecule has 4 heteroatoms. The molecular formula is C17H22N2O2. The van der Waals surface area contributed by atoms with Gasteiger partial charge in [-0.3, -0.25) is 4.79 Å². The fraction of sp³-hybridized carbons (Fsp3) is 0.471.